The summed E-state index contributed by atoms with van der Waals surface area (Å²) in [4.78, 5) is 0. The number of benzene rings is 2. The standard InChI is InChI=1S/C19H24OSi/c1-20-21(17-11-5-2-6-12-17,18-13-7-3-8-14-18)19-15-9-4-10-16-19/h2-3,5-8,11-14,19H,4,9-10,15-16H2,1H3. The zero-order valence-corrected chi connectivity index (χ0v) is 13.8. The summed E-state index contributed by atoms with van der Waals surface area (Å²) in [7, 11) is -0.189. The predicted molar refractivity (Wildman–Crippen MR) is 91.8 cm³/mol. The molecule has 1 aliphatic rings. The smallest absolute Gasteiger partial charge is 0.258 e. The third-order valence-corrected chi connectivity index (χ3v) is 9.66. The monoisotopic (exact) mass is 296 g/mol. The van der Waals surface area contributed by atoms with Gasteiger partial charge in [-0.15, -0.1) is 0 Å². The van der Waals surface area contributed by atoms with Crippen molar-refractivity contribution in [3.05, 3.63) is 60.7 Å². The lowest BCUT2D eigenvalue weighted by Gasteiger charge is -2.40. The van der Waals surface area contributed by atoms with Crippen molar-refractivity contribution in [2.45, 2.75) is 37.6 Å². The van der Waals surface area contributed by atoms with Crippen molar-refractivity contribution in [3.8, 4) is 0 Å². The molecule has 2 aromatic carbocycles. The molecule has 2 aromatic rings. The molecule has 0 bridgehead atoms. The van der Waals surface area contributed by atoms with Crippen LogP contribution in [0.1, 0.15) is 32.1 Å². The van der Waals surface area contributed by atoms with Gasteiger partial charge in [0.1, 0.15) is 0 Å². The minimum absolute atomic E-state index is 0.695. The van der Waals surface area contributed by atoms with E-state index in [4.69, 9.17) is 4.43 Å². The van der Waals surface area contributed by atoms with E-state index < -0.39 is 8.32 Å². The van der Waals surface area contributed by atoms with Crippen LogP contribution in [0.2, 0.25) is 5.54 Å². The maximum atomic E-state index is 6.39. The van der Waals surface area contributed by atoms with Gasteiger partial charge in [-0.1, -0.05) is 92.8 Å². The Bertz CT molecular complexity index is 507. The molecule has 0 atom stereocenters. The topological polar surface area (TPSA) is 9.23 Å². The molecule has 0 N–H and O–H groups in total. The lowest BCUT2D eigenvalue weighted by molar-refractivity contribution is 0.375. The van der Waals surface area contributed by atoms with Crippen LogP contribution in [0, 0.1) is 0 Å². The molecule has 110 valence electrons. The molecule has 0 unspecified atom stereocenters. The second-order valence-corrected chi connectivity index (χ2v) is 9.86. The third-order valence-electron chi connectivity index (χ3n) is 4.91. The molecule has 3 rings (SSSR count). The number of hydrogen-bond donors (Lipinski definition) is 0. The van der Waals surface area contributed by atoms with Gasteiger partial charge in [0.2, 0.25) is 0 Å². The molecule has 0 heterocycles. The first-order chi connectivity index (χ1) is 10.4. The molecular formula is C19H24OSi. The first kappa shape index (κ1) is 14.5. The van der Waals surface area contributed by atoms with Gasteiger partial charge >= 0.3 is 0 Å². The summed E-state index contributed by atoms with van der Waals surface area (Å²) in [6.45, 7) is 0. The second-order valence-electron chi connectivity index (χ2n) is 6.01. The molecule has 0 saturated heterocycles. The molecule has 0 amide bonds. The molecule has 0 radical (unpaired) electrons. The summed E-state index contributed by atoms with van der Waals surface area (Å²) in [6, 6.07) is 21.9. The molecular weight excluding hydrogens is 272 g/mol. The zero-order chi connectivity index (χ0) is 14.5. The van der Waals surface area contributed by atoms with Crippen LogP contribution in [-0.2, 0) is 4.43 Å². The van der Waals surface area contributed by atoms with Crippen molar-refractivity contribution in [3.63, 3.8) is 0 Å². The minimum atomic E-state index is -2.12. The highest BCUT2D eigenvalue weighted by Gasteiger charge is 2.46. The minimum Gasteiger partial charge on any atom is -0.411 e. The molecule has 0 spiro atoms. The van der Waals surface area contributed by atoms with Crippen molar-refractivity contribution in [1.29, 1.82) is 0 Å². The molecule has 0 aliphatic heterocycles. The fourth-order valence-corrected chi connectivity index (χ4v) is 8.60. The molecule has 1 nitrogen and oxygen atoms in total. The highest BCUT2D eigenvalue weighted by Crippen LogP contribution is 2.37. The highest BCUT2D eigenvalue weighted by molar-refractivity contribution is 6.98. The van der Waals surface area contributed by atoms with Gasteiger partial charge in [0, 0.05) is 7.11 Å². The second kappa shape index (κ2) is 6.59. The van der Waals surface area contributed by atoms with E-state index in [1.165, 1.54) is 42.5 Å². The van der Waals surface area contributed by atoms with Crippen LogP contribution in [0.3, 0.4) is 0 Å². The van der Waals surface area contributed by atoms with Crippen LogP contribution in [0.25, 0.3) is 0 Å². The Labute approximate surface area is 129 Å². The Morgan fingerprint density at radius 3 is 1.67 bits per heavy atom. The van der Waals surface area contributed by atoms with Crippen LogP contribution in [0.5, 0.6) is 0 Å². The Balaban J connectivity index is 2.12. The largest absolute Gasteiger partial charge is 0.411 e. The number of hydrogen-bond acceptors (Lipinski definition) is 1. The van der Waals surface area contributed by atoms with Gasteiger partial charge in [0.05, 0.1) is 0 Å². The first-order valence-electron chi connectivity index (χ1n) is 8.04. The van der Waals surface area contributed by atoms with Crippen LogP contribution in [-0.4, -0.2) is 15.4 Å². The summed E-state index contributed by atoms with van der Waals surface area (Å²) in [5.74, 6) is 0. The molecule has 2 heteroatoms. The zero-order valence-electron chi connectivity index (χ0n) is 12.8. The van der Waals surface area contributed by atoms with E-state index in [9.17, 15) is 0 Å². The van der Waals surface area contributed by atoms with Gasteiger partial charge in [0.25, 0.3) is 8.32 Å². The fraction of sp³-hybridized carbons (Fsp3) is 0.368. The molecule has 21 heavy (non-hydrogen) atoms. The molecule has 0 aromatic heterocycles. The van der Waals surface area contributed by atoms with Crippen molar-refractivity contribution in [1.82, 2.24) is 0 Å². The van der Waals surface area contributed by atoms with Crippen molar-refractivity contribution < 1.29 is 4.43 Å². The summed E-state index contributed by atoms with van der Waals surface area (Å²) < 4.78 is 6.39. The first-order valence-corrected chi connectivity index (χ1v) is 10.0. The SMILES string of the molecule is CO[Si](c1ccccc1)(c1ccccc1)C1CCCCC1. The van der Waals surface area contributed by atoms with Crippen molar-refractivity contribution >= 4 is 18.7 Å². The lowest BCUT2D eigenvalue weighted by atomic mass is 10.0. The van der Waals surface area contributed by atoms with E-state index in [0.717, 1.165) is 0 Å². The lowest BCUT2D eigenvalue weighted by Crippen LogP contribution is -2.63. The Hall–Kier alpha value is -1.38. The normalized spacial score (nSPS) is 16.8. The van der Waals surface area contributed by atoms with E-state index in [0.29, 0.717) is 5.54 Å². The van der Waals surface area contributed by atoms with Crippen molar-refractivity contribution in [2.75, 3.05) is 7.11 Å². The van der Waals surface area contributed by atoms with Gasteiger partial charge in [-0.2, -0.15) is 0 Å². The van der Waals surface area contributed by atoms with Crippen molar-refractivity contribution in [2.24, 2.45) is 0 Å². The summed E-state index contributed by atoms with van der Waals surface area (Å²) in [6.07, 6.45) is 6.70. The van der Waals surface area contributed by atoms with Gasteiger partial charge in [-0.05, 0) is 15.9 Å². The van der Waals surface area contributed by atoms with Gasteiger partial charge in [-0.3, -0.25) is 0 Å². The third kappa shape index (κ3) is 2.70. The van der Waals surface area contributed by atoms with E-state index in [1.54, 1.807) is 0 Å². The molecule has 1 saturated carbocycles. The van der Waals surface area contributed by atoms with Gasteiger partial charge < -0.3 is 4.43 Å². The van der Waals surface area contributed by atoms with Gasteiger partial charge in [-0.25, -0.2) is 0 Å². The van der Waals surface area contributed by atoms with Gasteiger partial charge in [0.15, 0.2) is 0 Å². The fourth-order valence-electron chi connectivity index (χ4n) is 3.92. The summed E-state index contributed by atoms with van der Waals surface area (Å²) in [5.41, 5.74) is 0.695. The maximum absolute atomic E-state index is 6.39. The maximum Gasteiger partial charge on any atom is 0.258 e. The molecule has 1 aliphatic carbocycles. The van der Waals surface area contributed by atoms with Crippen LogP contribution >= 0.6 is 0 Å². The predicted octanol–water partition coefficient (Wildman–Crippen LogP) is 3.73. The summed E-state index contributed by atoms with van der Waals surface area (Å²) in [5, 5.41) is 2.84. The average molecular weight is 296 g/mol. The quantitative estimate of drug-likeness (QED) is 0.781. The van der Waals surface area contributed by atoms with Crippen LogP contribution in [0.15, 0.2) is 60.7 Å². The number of rotatable bonds is 4. The molecule has 1 fully saturated rings. The Morgan fingerprint density at radius 1 is 0.762 bits per heavy atom. The Kier molecular flexibility index (Phi) is 4.56. The average Bonchev–Trinajstić information content (AvgIpc) is 2.59. The van der Waals surface area contributed by atoms with E-state index in [2.05, 4.69) is 60.7 Å². The highest BCUT2D eigenvalue weighted by atomic mass is 28.4. The van der Waals surface area contributed by atoms with Crippen LogP contribution < -0.4 is 10.4 Å². The Morgan fingerprint density at radius 2 is 1.24 bits per heavy atom. The van der Waals surface area contributed by atoms with Crippen LogP contribution in [0.4, 0.5) is 0 Å². The summed E-state index contributed by atoms with van der Waals surface area (Å²) >= 11 is 0. The van der Waals surface area contributed by atoms with E-state index in [1.807, 2.05) is 7.11 Å². The van der Waals surface area contributed by atoms with E-state index >= 15 is 0 Å². The van der Waals surface area contributed by atoms with E-state index in [-0.39, 0.29) is 0 Å².